The van der Waals surface area contributed by atoms with Crippen molar-refractivity contribution in [3.63, 3.8) is 0 Å². The molecule has 0 spiro atoms. The fourth-order valence-electron chi connectivity index (χ4n) is 3.44. The molecular weight excluding hydrogens is 404 g/mol. The Hall–Kier alpha value is -3.45. The third-order valence-electron chi connectivity index (χ3n) is 5.28. The largest absolute Gasteiger partial charge is 0.494 e. The van der Waals surface area contributed by atoms with E-state index in [1.807, 2.05) is 48.5 Å². The van der Waals surface area contributed by atoms with Gasteiger partial charge in [0.1, 0.15) is 5.75 Å². The Labute approximate surface area is 188 Å². The first kappa shape index (κ1) is 21.8. The number of carbonyl (C=O) groups excluding carboxylic acids is 1. The summed E-state index contributed by atoms with van der Waals surface area (Å²) < 4.78 is 11.0. The van der Waals surface area contributed by atoms with Crippen LogP contribution in [0.3, 0.4) is 0 Å². The number of hydrogen-bond acceptors (Lipinski definition) is 6. The quantitative estimate of drug-likeness (QED) is 0.532. The average Bonchev–Trinajstić information content (AvgIpc) is 2.85. The van der Waals surface area contributed by atoms with Crippen LogP contribution in [0.5, 0.6) is 5.75 Å². The number of unbranched alkanes of at least 4 members (excludes halogenated alkanes) is 1. The molecule has 0 bridgehead atoms. The summed E-state index contributed by atoms with van der Waals surface area (Å²) in [5.41, 5.74) is 2.93. The van der Waals surface area contributed by atoms with Gasteiger partial charge in [-0.2, -0.15) is 0 Å². The zero-order valence-corrected chi connectivity index (χ0v) is 18.3. The normalized spacial score (nSPS) is 13.6. The predicted molar refractivity (Wildman–Crippen MR) is 125 cm³/mol. The van der Waals surface area contributed by atoms with Crippen LogP contribution in [0.1, 0.15) is 30.1 Å². The zero-order chi connectivity index (χ0) is 22.2. The highest BCUT2D eigenvalue weighted by Gasteiger charge is 2.13. The molecule has 0 saturated carbocycles. The van der Waals surface area contributed by atoms with Gasteiger partial charge in [-0.3, -0.25) is 4.79 Å². The van der Waals surface area contributed by atoms with Gasteiger partial charge in [0.05, 0.1) is 25.5 Å². The summed E-state index contributed by atoms with van der Waals surface area (Å²) in [6.07, 6.45) is 2.10. The highest BCUT2D eigenvalue weighted by Crippen LogP contribution is 2.23. The smallest absolute Gasteiger partial charge is 0.255 e. The van der Waals surface area contributed by atoms with Gasteiger partial charge in [-0.1, -0.05) is 25.5 Å². The molecular formula is C25H28N4O3. The number of aromatic nitrogens is 2. The monoisotopic (exact) mass is 432 g/mol. The van der Waals surface area contributed by atoms with Crippen molar-refractivity contribution in [2.45, 2.75) is 19.8 Å². The molecule has 0 aliphatic carbocycles. The van der Waals surface area contributed by atoms with E-state index in [1.54, 1.807) is 12.1 Å². The van der Waals surface area contributed by atoms with E-state index in [9.17, 15) is 4.79 Å². The molecule has 32 heavy (non-hydrogen) atoms. The van der Waals surface area contributed by atoms with Crippen molar-refractivity contribution in [1.82, 2.24) is 10.2 Å². The number of carbonyl (C=O) groups is 1. The number of hydrogen-bond donors (Lipinski definition) is 1. The number of benzene rings is 2. The Bertz CT molecular complexity index is 1020. The molecule has 1 aromatic heterocycles. The second kappa shape index (κ2) is 10.7. The molecule has 0 atom stereocenters. The number of nitrogens with one attached hydrogen (secondary N) is 1. The van der Waals surface area contributed by atoms with E-state index in [-0.39, 0.29) is 5.91 Å². The molecule has 2 heterocycles. The maximum absolute atomic E-state index is 12.7. The van der Waals surface area contributed by atoms with Gasteiger partial charge in [-0.05, 0) is 55.0 Å². The summed E-state index contributed by atoms with van der Waals surface area (Å²) in [5.74, 6) is 1.45. The van der Waals surface area contributed by atoms with Crippen LogP contribution in [-0.4, -0.2) is 49.0 Å². The van der Waals surface area contributed by atoms with Crippen LogP contribution in [0, 0.1) is 0 Å². The molecule has 166 valence electrons. The van der Waals surface area contributed by atoms with Gasteiger partial charge >= 0.3 is 0 Å². The first-order valence-corrected chi connectivity index (χ1v) is 11.0. The van der Waals surface area contributed by atoms with Crippen molar-refractivity contribution >= 4 is 17.4 Å². The lowest BCUT2D eigenvalue weighted by molar-refractivity contribution is 0.102. The fraction of sp³-hybridized carbons (Fsp3) is 0.320. The van der Waals surface area contributed by atoms with Crippen LogP contribution < -0.4 is 15.0 Å². The Morgan fingerprint density at radius 2 is 1.88 bits per heavy atom. The molecule has 2 aromatic carbocycles. The van der Waals surface area contributed by atoms with Crippen molar-refractivity contribution in [3.05, 3.63) is 66.2 Å². The summed E-state index contributed by atoms with van der Waals surface area (Å²) in [6, 6.07) is 18.7. The molecule has 7 nitrogen and oxygen atoms in total. The molecule has 0 unspecified atom stereocenters. The Kier molecular flexibility index (Phi) is 7.30. The molecule has 1 fully saturated rings. The van der Waals surface area contributed by atoms with Crippen LogP contribution in [0.15, 0.2) is 60.7 Å². The number of morpholine rings is 1. The van der Waals surface area contributed by atoms with Crippen LogP contribution >= 0.6 is 0 Å². The summed E-state index contributed by atoms with van der Waals surface area (Å²) in [7, 11) is 0. The van der Waals surface area contributed by atoms with E-state index < -0.39 is 0 Å². The molecule has 0 radical (unpaired) electrons. The van der Waals surface area contributed by atoms with E-state index in [1.165, 1.54) is 0 Å². The first-order chi connectivity index (χ1) is 15.7. The number of amides is 1. The molecule has 1 N–H and O–H groups in total. The van der Waals surface area contributed by atoms with Crippen molar-refractivity contribution < 1.29 is 14.3 Å². The maximum atomic E-state index is 12.7. The standard InChI is InChI=1S/C25H28N4O3/c1-2-3-15-32-22-9-7-19(8-10-22)25(30)26-21-6-4-5-20(18-21)23-11-12-24(28-27-23)29-13-16-31-17-14-29/h4-12,18H,2-3,13-17H2,1H3,(H,26,30). The Balaban J connectivity index is 1.40. The van der Waals surface area contributed by atoms with Crippen LogP contribution in [-0.2, 0) is 4.74 Å². The molecule has 1 aliphatic rings. The van der Waals surface area contributed by atoms with Crippen molar-refractivity contribution in [2.24, 2.45) is 0 Å². The van der Waals surface area contributed by atoms with Crippen molar-refractivity contribution in [3.8, 4) is 17.0 Å². The second-order valence-electron chi connectivity index (χ2n) is 7.64. The SMILES string of the molecule is CCCCOc1ccc(C(=O)Nc2cccc(-c3ccc(N4CCOCC4)nn3)c2)cc1. The lowest BCUT2D eigenvalue weighted by Gasteiger charge is -2.27. The molecule has 7 heteroatoms. The summed E-state index contributed by atoms with van der Waals surface area (Å²) in [4.78, 5) is 14.8. The fourth-order valence-corrected chi connectivity index (χ4v) is 3.44. The third kappa shape index (κ3) is 5.62. The molecule has 4 rings (SSSR count). The number of anilines is 2. The minimum absolute atomic E-state index is 0.170. The number of rotatable bonds is 8. The predicted octanol–water partition coefficient (Wildman–Crippen LogP) is 4.41. The minimum Gasteiger partial charge on any atom is -0.494 e. The highest BCUT2D eigenvalue weighted by molar-refractivity contribution is 6.04. The average molecular weight is 433 g/mol. The lowest BCUT2D eigenvalue weighted by atomic mass is 10.1. The highest BCUT2D eigenvalue weighted by atomic mass is 16.5. The van der Waals surface area contributed by atoms with Gasteiger partial charge in [0.25, 0.3) is 5.91 Å². The Morgan fingerprint density at radius 1 is 1.06 bits per heavy atom. The van der Waals surface area contributed by atoms with E-state index in [0.717, 1.165) is 48.8 Å². The summed E-state index contributed by atoms with van der Waals surface area (Å²) in [6.45, 7) is 5.87. The van der Waals surface area contributed by atoms with Gasteiger partial charge in [-0.25, -0.2) is 0 Å². The van der Waals surface area contributed by atoms with Crippen LogP contribution in [0.4, 0.5) is 11.5 Å². The van der Waals surface area contributed by atoms with Crippen molar-refractivity contribution in [2.75, 3.05) is 43.1 Å². The summed E-state index contributed by atoms with van der Waals surface area (Å²) >= 11 is 0. The van der Waals surface area contributed by atoms with Gasteiger partial charge in [0, 0.05) is 29.9 Å². The van der Waals surface area contributed by atoms with Gasteiger partial charge < -0.3 is 19.7 Å². The van der Waals surface area contributed by atoms with E-state index in [0.29, 0.717) is 31.1 Å². The van der Waals surface area contributed by atoms with Crippen LogP contribution in [0.25, 0.3) is 11.3 Å². The van der Waals surface area contributed by atoms with Crippen molar-refractivity contribution in [1.29, 1.82) is 0 Å². The Morgan fingerprint density at radius 3 is 2.59 bits per heavy atom. The second-order valence-corrected chi connectivity index (χ2v) is 7.64. The third-order valence-corrected chi connectivity index (χ3v) is 5.28. The maximum Gasteiger partial charge on any atom is 0.255 e. The molecule has 3 aromatic rings. The molecule has 1 aliphatic heterocycles. The lowest BCUT2D eigenvalue weighted by Crippen LogP contribution is -2.36. The number of ether oxygens (including phenoxy) is 2. The van der Waals surface area contributed by atoms with E-state index >= 15 is 0 Å². The van der Waals surface area contributed by atoms with Gasteiger partial charge in [-0.15, -0.1) is 10.2 Å². The van der Waals surface area contributed by atoms with Gasteiger partial charge in [0.15, 0.2) is 5.82 Å². The minimum atomic E-state index is -0.170. The molecule has 1 saturated heterocycles. The molecule has 1 amide bonds. The van der Waals surface area contributed by atoms with E-state index in [2.05, 4.69) is 27.3 Å². The topological polar surface area (TPSA) is 76.6 Å². The van der Waals surface area contributed by atoms with Crippen LogP contribution in [0.2, 0.25) is 0 Å². The first-order valence-electron chi connectivity index (χ1n) is 11.0. The van der Waals surface area contributed by atoms with Gasteiger partial charge in [0.2, 0.25) is 0 Å². The van der Waals surface area contributed by atoms with E-state index in [4.69, 9.17) is 9.47 Å². The zero-order valence-electron chi connectivity index (χ0n) is 18.3. The summed E-state index contributed by atoms with van der Waals surface area (Å²) in [5, 5.41) is 11.7. The number of nitrogens with zero attached hydrogens (tertiary/aromatic N) is 3.